The van der Waals surface area contributed by atoms with E-state index in [1.807, 2.05) is 13.0 Å². The maximum Gasteiger partial charge on any atom is 0.233 e. The molecular formula is C18H21ClN2O3. The molecule has 6 heteroatoms. The van der Waals surface area contributed by atoms with Crippen LogP contribution >= 0.6 is 11.6 Å². The van der Waals surface area contributed by atoms with Crippen molar-refractivity contribution >= 4 is 35.0 Å². The fourth-order valence-electron chi connectivity index (χ4n) is 3.61. The van der Waals surface area contributed by atoms with Crippen molar-refractivity contribution in [3.8, 4) is 0 Å². The molecule has 0 radical (unpaired) electrons. The van der Waals surface area contributed by atoms with Crippen molar-refractivity contribution < 1.29 is 14.4 Å². The van der Waals surface area contributed by atoms with Crippen molar-refractivity contribution in [3.63, 3.8) is 0 Å². The number of amides is 3. The van der Waals surface area contributed by atoms with Crippen molar-refractivity contribution in [3.05, 3.63) is 28.8 Å². The minimum atomic E-state index is -0.226. The summed E-state index contributed by atoms with van der Waals surface area (Å²) in [4.78, 5) is 38.2. The molecule has 1 N–H and O–H groups in total. The molecule has 1 aromatic rings. The molecule has 2 fully saturated rings. The van der Waals surface area contributed by atoms with Gasteiger partial charge < -0.3 is 5.32 Å². The number of nitrogens with one attached hydrogen (secondary N) is 1. The second kappa shape index (κ2) is 6.93. The summed E-state index contributed by atoms with van der Waals surface area (Å²) >= 11 is 5.94. The topological polar surface area (TPSA) is 66.5 Å². The van der Waals surface area contributed by atoms with Crippen LogP contribution < -0.4 is 5.32 Å². The van der Waals surface area contributed by atoms with Gasteiger partial charge in [-0.15, -0.1) is 0 Å². The first-order valence-corrected chi connectivity index (χ1v) is 8.76. The number of nitrogens with zero attached hydrogens (tertiary/aromatic N) is 1. The van der Waals surface area contributed by atoms with Gasteiger partial charge in [-0.05, 0) is 37.5 Å². The maximum absolute atomic E-state index is 12.4. The molecule has 3 amide bonds. The molecular weight excluding hydrogens is 328 g/mol. The first kappa shape index (κ1) is 17.0. The van der Waals surface area contributed by atoms with Gasteiger partial charge in [0, 0.05) is 23.7 Å². The van der Waals surface area contributed by atoms with Crippen LogP contribution in [0.3, 0.4) is 0 Å². The molecule has 0 aromatic heterocycles. The third-order valence-corrected chi connectivity index (χ3v) is 5.20. The Hall–Kier alpha value is -1.88. The third-order valence-electron chi connectivity index (χ3n) is 4.97. The van der Waals surface area contributed by atoms with Gasteiger partial charge in [-0.1, -0.05) is 30.5 Å². The Bertz CT molecular complexity index is 665. The summed E-state index contributed by atoms with van der Waals surface area (Å²) in [5, 5.41) is 3.34. The van der Waals surface area contributed by atoms with E-state index in [9.17, 15) is 14.4 Å². The number of anilines is 1. The lowest BCUT2D eigenvalue weighted by atomic mass is 9.81. The number of likely N-dealkylation sites (tertiary alicyclic amines) is 1. The molecule has 1 heterocycles. The van der Waals surface area contributed by atoms with Crippen LogP contribution in [0.5, 0.6) is 0 Å². The predicted octanol–water partition coefficient (Wildman–Crippen LogP) is 3.15. The van der Waals surface area contributed by atoms with E-state index < -0.39 is 0 Å². The van der Waals surface area contributed by atoms with Crippen molar-refractivity contribution in [1.82, 2.24) is 4.90 Å². The SMILES string of the molecule is Cc1ccc(Cl)cc1NC(=O)CCN1C(=O)[C@@H]2CCCC[C@H]2C1=O. The first-order chi connectivity index (χ1) is 11.5. The van der Waals surface area contributed by atoms with Crippen LogP contribution in [-0.4, -0.2) is 29.2 Å². The Morgan fingerprint density at radius 3 is 2.46 bits per heavy atom. The number of aryl methyl sites for hydroxylation is 1. The molecule has 3 rings (SSSR count). The lowest BCUT2D eigenvalue weighted by molar-refractivity contribution is -0.140. The summed E-state index contributed by atoms with van der Waals surface area (Å²) in [6.45, 7) is 2.03. The van der Waals surface area contributed by atoms with E-state index in [4.69, 9.17) is 11.6 Å². The molecule has 128 valence electrons. The van der Waals surface area contributed by atoms with E-state index in [0.29, 0.717) is 10.7 Å². The largest absolute Gasteiger partial charge is 0.326 e. The highest BCUT2D eigenvalue weighted by Crippen LogP contribution is 2.38. The number of rotatable bonds is 4. The Morgan fingerprint density at radius 1 is 1.21 bits per heavy atom. The summed E-state index contributed by atoms with van der Waals surface area (Å²) in [6, 6.07) is 5.28. The molecule has 0 unspecified atom stereocenters. The van der Waals surface area contributed by atoms with Crippen LogP contribution in [0.1, 0.15) is 37.7 Å². The van der Waals surface area contributed by atoms with Gasteiger partial charge in [0.1, 0.15) is 0 Å². The minimum absolute atomic E-state index is 0.100. The Kier molecular flexibility index (Phi) is 4.90. The summed E-state index contributed by atoms with van der Waals surface area (Å²) in [7, 11) is 0. The fraction of sp³-hybridized carbons (Fsp3) is 0.500. The van der Waals surface area contributed by atoms with E-state index in [0.717, 1.165) is 31.2 Å². The summed E-state index contributed by atoms with van der Waals surface area (Å²) < 4.78 is 0. The standard InChI is InChI=1S/C18H21ClN2O3/c1-11-6-7-12(19)10-15(11)20-16(22)8-9-21-17(23)13-4-2-3-5-14(13)18(21)24/h6-7,10,13-14H,2-5,8-9H2,1H3,(H,20,22)/t13-,14-/m1/s1. The van der Waals surface area contributed by atoms with E-state index in [1.54, 1.807) is 12.1 Å². The molecule has 1 aliphatic heterocycles. The van der Waals surface area contributed by atoms with Crippen LogP contribution in [0.15, 0.2) is 18.2 Å². The lowest BCUT2D eigenvalue weighted by Gasteiger charge is -2.19. The summed E-state index contributed by atoms with van der Waals surface area (Å²) in [5.41, 5.74) is 1.56. The molecule has 0 spiro atoms. The van der Waals surface area contributed by atoms with E-state index in [2.05, 4.69) is 5.32 Å². The van der Waals surface area contributed by atoms with Crippen LogP contribution in [-0.2, 0) is 14.4 Å². The highest BCUT2D eigenvalue weighted by Gasteiger charge is 2.47. The quantitative estimate of drug-likeness (QED) is 0.850. The number of carbonyl (C=O) groups is 3. The summed E-state index contributed by atoms with van der Waals surface area (Å²) in [6.07, 6.45) is 3.69. The van der Waals surface area contributed by atoms with Crippen molar-refractivity contribution in [2.45, 2.75) is 39.0 Å². The zero-order valence-electron chi connectivity index (χ0n) is 13.7. The van der Waals surface area contributed by atoms with Gasteiger partial charge >= 0.3 is 0 Å². The highest BCUT2D eigenvalue weighted by atomic mass is 35.5. The van der Waals surface area contributed by atoms with Gasteiger partial charge in [-0.25, -0.2) is 0 Å². The van der Waals surface area contributed by atoms with Crippen LogP contribution in [0.2, 0.25) is 5.02 Å². The minimum Gasteiger partial charge on any atom is -0.326 e. The molecule has 1 aromatic carbocycles. The number of imide groups is 1. The van der Waals surface area contributed by atoms with Gasteiger partial charge in [-0.2, -0.15) is 0 Å². The maximum atomic E-state index is 12.4. The van der Waals surface area contributed by atoms with Crippen molar-refractivity contribution in [1.29, 1.82) is 0 Å². The molecule has 2 aliphatic rings. The van der Waals surface area contributed by atoms with Crippen LogP contribution in [0.4, 0.5) is 5.69 Å². The average molecular weight is 349 g/mol. The lowest BCUT2D eigenvalue weighted by Crippen LogP contribution is -2.34. The monoisotopic (exact) mass is 348 g/mol. The predicted molar refractivity (Wildman–Crippen MR) is 91.6 cm³/mol. The third kappa shape index (κ3) is 3.31. The Balaban J connectivity index is 1.59. The number of fused-ring (bicyclic) bond motifs is 1. The number of carbonyl (C=O) groups excluding carboxylic acids is 3. The number of benzene rings is 1. The highest BCUT2D eigenvalue weighted by molar-refractivity contribution is 6.31. The zero-order valence-corrected chi connectivity index (χ0v) is 14.4. The van der Waals surface area contributed by atoms with E-state index in [-0.39, 0.29) is 42.5 Å². The second-order valence-corrected chi connectivity index (χ2v) is 7.02. The zero-order chi connectivity index (χ0) is 17.3. The molecule has 1 aliphatic carbocycles. The second-order valence-electron chi connectivity index (χ2n) is 6.58. The molecule has 0 bridgehead atoms. The molecule has 24 heavy (non-hydrogen) atoms. The Morgan fingerprint density at radius 2 is 1.83 bits per heavy atom. The van der Waals surface area contributed by atoms with Gasteiger partial charge in [0.2, 0.25) is 17.7 Å². The normalized spacial score (nSPS) is 23.3. The van der Waals surface area contributed by atoms with E-state index >= 15 is 0 Å². The fourth-order valence-corrected chi connectivity index (χ4v) is 3.78. The Labute approximate surface area is 146 Å². The van der Waals surface area contributed by atoms with E-state index in [1.165, 1.54) is 4.90 Å². The van der Waals surface area contributed by atoms with Gasteiger partial charge in [-0.3, -0.25) is 19.3 Å². The molecule has 2 atom stereocenters. The number of hydrogen-bond donors (Lipinski definition) is 1. The average Bonchev–Trinajstić information content (AvgIpc) is 2.81. The van der Waals surface area contributed by atoms with Gasteiger partial charge in [0.15, 0.2) is 0 Å². The molecule has 5 nitrogen and oxygen atoms in total. The van der Waals surface area contributed by atoms with Crippen LogP contribution in [0.25, 0.3) is 0 Å². The van der Waals surface area contributed by atoms with Crippen molar-refractivity contribution in [2.75, 3.05) is 11.9 Å². The number of halogens is 1. The molecule has 1 saturated carbocycles. The van der Waals surface area contributed by atoms with Crippen molar-refractivity contribution in [2.24, 2.45) is 11.8 Å². The summed E-state index contributed by atoms with van der Waals surface area (Å²) in [5.74, 6) is -0.752. The first-order valence-electron chi connectivity index (χ1n) is 8.38. The molecule has 1 saturated heterocycles. The number of hydrogen-bond acceptors (Lipinski definition) is 3. The smallest absolute Gasteiger partial charge is 0.233 e. The van der Waals surface area contributed by atoms with Crippen LogP contribution in [0, 0.1) is 18.8 Å². The van der Waals surface area contributed by atoms with Gasteiger partial charge in [0.05, 0.1) is 11.8 Å². The van der Waals surface area contributed by atoms with Gasteiger partial charge in [0.25, 0.3) is 0 Å².